The van der Waals surface area contributed by atoms with E-state index in [4.69, 9.17) is 56.8 Å². The largest absolute Gasteiger partial charge is 0.493 e. The van der Waals surface area contributed by atoms with Gasteiger partial charge in [0, 0.05) is 62.5 Å². The fourth-order valence-corrected chi connectivity index (χ4v) is 10.7. The van der Waals surface area contributed by atoms with Gasteiger partial charge in [-0.3, -0.25) is 9.59 Å². The molecule has 6 rings (SSSR count). The molecular weight excluding hydrogens is 925 g/mol. The molecular formula is C56H78N2O14+2. The molecule has 0 aromatic heterocycles. The van der Waals surface area contributed by atoms with E-state index < -0.39 is 0 Å². The Labute approximate surface area is 426 Å². The molecule has 2 aliphatic rings. The molecule has 0 saturated carbocycles. The lowest BCUT2D eigenvalue weighted by Crippen LogP contribution is -2.52. The van der Waals surface area contributed by atoms with E-state index in [-0.39, 0.29) is 36.9 Å². The maximum atomic E-state index is 12.9. The number of likely N-dealkylation sites (N-methyl/N-ethyl adjacent to an activating group) is 2. The summed E-state index contributed by atoms with van der Waals surface area (Å²) in [6, 6.07) is 16.5. The number of esters is 2. The molecule has 0 amide bonds. The highest BCUT2D eigenvalue weighted by Gasteiger charge is 2.42. The Balaban J connectivity index is 0.991. The number of hydrogen-bond acceptors (Lipinski definition) is 14. The number of fused-ring (bicyclic) bond motifs is 2. The lowest BCUT2D eigenvalue weighted by Gasteiger charge is -2.46. The van der Waals surface area contributed by atoms with E-state index in [1.807, 2.05) is 24.3 Å². The lowest BCUT2D eigenvalue weighted by molar-refractivity contribution is -0.941. The number of benzene rings is 4. The van der Waals surface area contributed by atoms with Crippen LogP contribution in [0.1, 0.15) is 84.0 Å². The van der Waals surface area contributed by atoms with Gasteiger partial charge in [-0.2, -0.15) is 0 Å². The summed E-state index contributed by atoms with van der Waals surface area (Å²) in [5.74, 6) is 5.74. The molecule has 16 heteroatoms. The van der Waals surface area contributed by atoms with Crippen LogP contribution in [0.3, 0.4) is 0 Å². The SMILES string of the molecule is COc1cc2c(cc1OC)[C@@H](Cc1cc(OC)c(OC)c(OC)c1)[N@+](C)(CCCOC(=O)CCCCC(=O)OCCC[N@@+]1(C)CCc3cc(OC)c(OC)cc3[C@@H]1Cc1cc(OC)c(OC)c(OC)c1)CC2. The fourth-order valence-electron chi connectivity index (χ4n) is 10.7. The molecule has 0 spiro atoms. The maximum Gasteiger partial charge on any atom is 0.305 e. The third-order valence-electron chi connectivity index (χ3n) is 14.8. The Morgan fingerprint density at radius 2 is 0.750 bits per heavy atom. The summed E-state index contributed by atoms with van der Waals surface area (Å²) in [6.45, 7) is 3.95. The third-order valence-corrected chi connectivity index (χ3v) is 14.8. The minimum Gasteiger partial charge on any atom is -0.493 e. The first-order valence-electron chi connectivity index (χ1n) is 24.8. The predicted octanol–water partition coefficient (Wildman–Crippen LogP) is 8.47. The molecule has 0 saturated heterocycles. The van der Waals surface area contributed by atoms with Crippen molar-refractivity contribution in [2.45, 2.75) is 76.3 Å². The second-order valence-electron chi connectivity index (χ2n) is 19.0. The molecule has 16 nitrogen and oxygen atoms in total. The van der Waals surface area contributed by atoms with Gasteiger partial charge >= 0.3 is 11.9 Å². The van der Waals surface area contributed by atoms with Gasteiger partial charge in [0.1, 0.15) is 12.1 Å². The molecule has 4 atom stereocenters. The summed E-state index contributed by atoms with van der Waals surface area (Å²) in [5.41, 5.74) is 6.90. The maximum absolute atomic E-state index is 12.9. The van der Waals surface area contributed by atoms with Gasteiger partial charge in [-0.25, -0.2) is 0 Å². The average Bonchev–Trinajstić information content (AvgIpc) is 3.40. The molecule has 0 unspecified atom stereocenters. The van der Waals surface area contributed by atoms with E-state index in [0.717, 1.165) is 59.1 Å². The van der Waals surface area contributed by atoms with E-state index in [1.165, 1.54) is 22.3 Å². The monoisotopic (exact) mass is 1000 g/mol. The third kappa shape index (κ3) is 12.7. The predicted molar refractivity (Wildman–Crippen MR) is 273 cm³/mol. The second kappa shape index (κ2) is 25.4. The number of methoxy groups -OCH3 is 10. The summed E-state index contributed by atoms with van der Waals surface area (Å²) in [7, 11) is 20.8. The molecule has 0 N–H and O–H groups in total. The Bertz CT molecular complexity index is 2260. The van der Waals surface area contributed by atoms with Gasteiger partial charge in [-0.1, -0.05) is 0 Å². The Morgan fingerprint density at radius 1 is 0.431 bits per heavy atom. The van der Waals surface area contributed by atoms with Crippen molar-refractivity contribution in [3.63, 3.8) is 0 Å². The highest BCUT2D eigenvalue weighted by molar-refractivity contribution is 5.70. The van der Waals surface area contributed by atoms with Gasteiger partial charge in [0.05, 0.1) is 125 Å². The van der Waals surface area contributed by atoms with Crippen LogP contribution in [-0.4, -0.2) is 145 Å². The molecule has 4 aromatic rings. The molecule has 2 aliphatic heterocycles. The molecule has 0 radical (unpaired) electrons. The van der Waals surface area contributed by atoms with Crippen molar-refractivity contribution in [3.05, 3.63) is 81.9 Å². The van der Waals surface area contributed by atoms with Gasteiger partial charge < -0.3 is 65.8 Å². The first-order valence-corrected chi connectivity index (χ1v) is 24.8. The zero-order valence-electron chi connectivity index (χ0n) is 44.7. The van der Waals surface area contributed by atoms with Crippen LogP contribution in [0.5, 0.6) is 57.5 Å². The molecule has 72 heavy (non-hydrogen) atoms. The van der Waals surface area contributed by atoms with Gasteiger partial charge in [-0.05, 0) is 83.6 Å². The van der Waals surface area contributed by atoms with Crippen molar-refractivity contribution in [1.82, 2.24) is 0 Å². The molecule has 2 heterocycles. The fraction of sp³-hybridized carbons (Fsp3) is 0.536. The molecule has 0 bridgehead atoms. The normalized spacial score (nSPS) is 18.9. The van der Waals surface area contributed by atoms with Gasteiger partial charge in [0.2, 0.25) is 11.5 Å². The van der Waals surface area contributed by atoms with Gasteiger partial charge in [0.25, 0.3) is 0 Å². The summed E-state index contributed by atoms with van der Waals surface area (Å²) in [4.78, 5) is 25.9. The van der Waals surface area contributed by atoms with Crippen LogP contribution in [-0.2, 0) is 44.7 Å². The molecule has 4 aromatic carbocycles. The van der Waals surface area contributed by atoms with Gasteiger partial charge in [0.15, 0.2) is 46.0 Å². The van der Waals surface area contributed by atoms with E-state index in [1.54, 1.807) is 71.1 Å². The number of hydrogen-bond donors (Lipinski definition) is 0. The zero-order chi connectivity index (χ0) is 52.0. The summed E-state index contributed by atoms with van der Waals surface area (Å²) in [5, 5.41) is 0. The van der Waals surface area contributed by atoms with E-state index in [9.17, 15) is 9.59 Å². The first-order chi connectivity index (χ1) is 34.7. The van der Waals surface area contributed by atoms with Crippen molar-refractivity contribution in [3.8, 4) is 57.5 Å². The minimum absolute atomic E-state index is 0.0468. The molecule has 394 valence electrons. The van der Waals surface area contributed by atoms with Crippen LogP contribution in [0.2, 0.25) is 0 Å². The van der Waals surface area contributed by atoms with Crippen molar-refractivity contribution in [2.24, 2.45) is 0 Å². The first kappa shape index (κ1) is 55.1. The lowest BCUT2D eigenvalue weighted by atomic mass is 9.86. The van der Waals surface area contributed by atoms with E-state index in [0.29, 0.717) is 109 Å². The minimum atomic E-state index is -0.266. The van der Waals surface area contributed by atoms with Crippen LogP contribution < -0.4 is 47.4 Å². The van der Waals surface area contributed by atoms with Crippen LogP contribution >= 0.6 is 0 Å². The quantitative estimate of drug-likeness (QED) is 0.0320. The van der Waals surface area contributed by atoms with Crippen molar-refractivity contribution < 1.29 is 75.4 Å². The molecule has 0 aliphatic carbocycles. The van der Waals surface area contributed by atoms with Crippen molar-refractivity contribution in [2.75, 3.05) is 125 Å². The van der Waals surface area contributed by atoms with Crippen LogP contribution in [0.4, 0.5) is 0 Å². The topological polar surface area (TPSA) is 145 Å². The van der Waals surface area contributed by atoms with Crippen molar-refractivity contribution >= 4 is 11.9 Å². The number of nitrogens with zero attached hydrogens (tertiary/aromatic N) is 2. The summed E-state index contributed by atoms with van der Waals surface area (Å²) < 4.78 is 69.9. The zero-order valence-corrected chi connectivity index (χ0v) is 44.7. The Hall–Kier alpha value is -6.26. The van der Waals surface area contributed by atoms with Crippen molar-refractivity contribution in [1.29, 1.82) is 0 Å². The summed E-state index contributed by atoms with van der Waals surface area (Å²) in [6.07, 6.45) is 6.00. The van der Waals surface area contributed by atoms with Crippen LogP contribution in [0.25, 0.3) is 0 Å². The second-order valence-corrected chi connectivity index (χ2v) is 19.0. The highest BCUT2D eigenvalue weighted by atomic mass is 16.6. The van der Waals surface area contributed by atoms with Crippen LogP contribution in [0, 0.1) is 0 Å². The highest BCUT2D eigenvalue weighted by Crippen LogP contribution is 2.47. The van der Waals surface area contributed by atoms with Crippen LogP contribution in [0.15, 0.2) is 48.5 Å². The van der Waals surface area contributed by atoms with E-state index in [2.05, 4.69) is 38.4 Å². The van der Waals surface area contributed by atoms with E-state index >= 15 is 0 Å². The standard InChI is InChI=1S/C56H78N2O14/c1-57(23-19-39-33-45(61-3)47(63-5)35-41(39)43(57)27-37-29-49(65-7)55(69-11)50(30-37)66-8)21-15-25-71-53(59)17-13-14-18-54(60)72-26-16-22-58(2)24-20-40-34-46(62-4)48(64-6)36-42(40)44(58)28-38-31-51(67-9)56(70-12)52(32-38)68-10/h29-36,43-44H,13-28H2,1-12H3/q+2/t43-,44+,57-,58+. The number of unbranched alkanes of at least 4 members (excludes halogenated alkanes) is 1. The number of carbonyl (C=O) groups excluding carboxylic acids is 2. The smallest absolute Gasteiger partial charge is 0.305 e. The number of ether oxygens (including phenoxy) is 12. The van der Waals surface area contributed by atoms with Gasteiger partial charge in [-0.15, -0.1) is 0 Å². The number of rotatable bonds is 27. The number of carbonyl (C=O) groups is 2. The number of quaternary nitrogens is 2. The summed E-state index contributed by atoms with van der Waals surface area (Å²) >= 11 is 0. The Kier molecular flexibility index (Phi) is 19.4. The Morgan fingerprint density at radius 3 is 1.06 bits per heavy atom. The average molecular weight is 1000 g/mol. The molecule has 0 fully saturated rings.